The third-order valence-corrected chi connectivity index (χ3v) is 3.97. The van der Waals surface area contributed by atoms with Gasteiger partial charge < -0.3 is 5.11 Å². The molecule has 0 amide bonds. The largest absolute Gasteiger partial charge is 0.481 e. The fourth-order valence-electron chi connectivity index (χ4n) is 2.18. The van der Waals surface area contributed by atoms with Gasteiger partial charge in [-0.1, -0.05) is 0 Å². The molecular weight excluding hydrogens is 250 g/mol. The molecule has 0 saturated carbocycles. The number of hydrogen-bond acceptors (Lipinski definition) is 5. The standard InChI is InChI=1S/C12H17N3O2S/c1-18-11-10(13-4-5-14-11)8-15-6-2-9(3-7-15)12(16)17/h4-5,9H,2-3,6-8H2,1H3,(H,16,17). The number of aliphatic carboxylic acids is 1. The van der Waals surface area contributed by atoms with Crippen molar-refractivity contribution in [1.29, 1.82) is 0 Å². The van der Waals surface area contributed by atoms with Gasteiger partial charge in [0.2, 0.25) is 0 Å². The van der Waals surface area contributed by atoms with E-state index in [1.54, 1.807) is 24.2 Å². The molecule has 5 nitrogen and oxygen atoms in total. The maximum atomic E-state index is 10.9. The lowest BCUT2D eigenvalue weighted by molar-refractivity contribution is -0.143. The Hall–Kier alpha value is -1.14. The van der Waals surface area contributed by atoms with Crippen molar-refractivity contribution in [2.45, 2.75) is 24.4 Å². The van der Waals surface area contributed by atoms with Crippen molar-refractivity contribution in [3.63, 3.8) is 0 Å². The van der Waals surface area contributed by atoms with Crippen LogP contribution < -0.4 is 0 Å². The molecule has 1 aliphatic heterocycles. The van der Waals surface area contributed by atoms with Crippen LogP contribution in [0.25, 0.3) is 0 Å². The molecule has 6 heteroatoms. The summed E-state index contributed by atoms with van der Waals surface area (Å²) in [5.74, 6) is -0.845. The number of carboxylic acids is 1. The molecular formula is C12H17N3O2S. The predicted octanol–water partition coefficient (Wildman–Crippen LogP) is 1.50. The Morgan fingerprint density at radius 2 is 2.11 bits per heavy atom. The Labute approximate surface area is 111 Å². The van der Waals surface area contributed by atoms with Gasteiger partial charge in [-0.3, -0.25) is 14.7 Å². The molecule has 18 heavy (non-hydrogen) atoms. The van der Waals surface area contributed by atoms with Crippen molar-refractivity contribution in [2.24, 2.45) is 5.92 Å². The Morgan fingerprint density at radius 1 is 1.44 bits per heavy atom. The summed E-state index contributed by atoms with van der Waals surface area (Å²) < 4.78 is 0. The fraction of sp³-hybridized carbons (Fsp3) is 0.583. The molecule has 1 N–H and O–H groups in total. The summed E-state index contributed by atoms with van der Waals surface area (Å²) >= 11 is 1.60. The minimum atomic E-state index is -0.668. The lowest BCUT2D eigenvalue weighted by atomic mass is 9.97. The highest BCUT2D eigenvalue weighted by Gasteiger charge is 2.24. The molecule has 0 spiro atoms. The smallest absolute Gasteiger partial charge is 0.306 e. The summed E-state index contributed by atoms with van der Waals surface area (Å²) in [6, 6.07) is 0. The molecule has 1 fully saturated rings. The van der Waals surface area contributed by atoms with Crippen molar-refractivity contribution < 1.29 is 9.90 Å². The first-order valence-electron chi connectivity index (χ1n) is 5.99. The van der Waals surface area contributed by atoms with Gasteiger partial charge in [-0.2, -0.15) is 0 Å². The molecule has 1 aromatic heterocycles. The van der Waals surface area contributed by atoms with Crippen LogP contribution in [-0.2, 0) is 11.3 Å². The third kappa shape index (κ3) is 3.20. The third-order valence-electron chi connectivity index (χ3n) is 3.24. The van der Waals surface area contributed by atoms with Gasteiger partial charge in [0.1, 0.15) is 5.03 Å². The van der Waals surface area contributed by atoms with E-state index in [4.69, 9.17) is 5.11 Å². The van der Waals surface area contributed by atoms with Gasteiger partial charge in [0.15, 0.2) is 0 Å². The maximum absolute atomic E-state index is 10.9. The van der Waals surface area contributed by atoms with E-state index < -0.39 is 5.97 Å². The molecule has 1 saturated heterocycles. The summed E-state index contributed by atoms with van der Waals surface area (Å²) in [7, 11) is 0. The van der Waals surface area contributed by atoms with Gasteiger partial charge in [-0.05, 0) is 32.2 Å². The van der Waals surface area contributed by atoms with Gasteiger partial charge in [0, 0.05) is 18.9 Å². The molecule has 1 aliphatic rings. The molecule has 2 rings (SSSR count). The minimum Gasteiger partial charge on any atom is -0.481 e. The highest BCUT2D eigenvalue weighted by molar-refractivity contribution is 7.98. The number of carbonyl (C=O) groups is 1. The summed E-state index contributed by atoms with van der Waals surface area (Å²) in [5, 5.41) is 9.91. The number of carboxylic acid groups (broad SMARTS) is 1. The lowest BCUT2D eigenvalue weighted by Crippen LogP contribution is -2.36. The normalized spacial score (nSPS) is 17.8. The first-order valence-corrected chi connectivity index (χ1v) is 7.22. The number of thioether (sulfide) groups is 1. The second-order valence-corrected chi connectivity index (χ2v) is 5.20. The van der Waals surface area contributed by atoms with E-state index >= 15 is 0 Å². The van der Waals surface area contributed by atoms with Gasteiger partial charge in [0.05, 0.1) is 11.6 Å². The molecule has 0 atom stereocenters. The zero-order chi connectivity index (χ0) is 13.0. The van der Waals surface area contributed by atoms with Crippen molar-refractivity contribution >= 4 is 17.7 Å². The second kappa shape index (κ2) is 6.15. The van der Waals surface area contributed by atoms with Gasteiger partial charge in [-0.25, -0.2) is 4.98 Å². The second-order valence-electron chi connectivity index (χ2n) is 4.40. The van der Waals surface area contributed by atoms with Crippen LogP contribution in [-0.4, -0.2) is 45.3 Å². The van der Waals surface area contributed by atoms with Crippen molar-refractivity contribution in [3.8, 4) is 0 Å². The van der Waals surface area contributed by atoms with E-state index in [9.17, 15) is 4.79 Å². The van der Waals surface area contributed by atoms with E-state index in [1.165, 1.54) is 0 Å². The van der Waals surface area contributed by atoms with E-state index in [0.717, 1.165) is 43.2 Å². The van der Waals surface area contributed by atoms with Crippen molar-refractivity contribution in [1.82, 2.24) is 14.9 Å². The van der Waals surface area contributed by atoms with E-state index in [0.29, 0.717) is 0 Å². The van der Waals surface area contributed by atoms with Crippen LogP contribution in [0.5, 0.6) is 0 Å². The molecule has 2 heterocycles. The molecule has 1 aromatic rings. The van der Waals surface area contributed by atoms with Crippen LogP contribution in [0, 0.1) is 5.92 Å². The van der Waals surface area contributed by atoms with E-state index in [1.807, 2.05) is 6.26 Å². The van der Waals surface area contributed by atoms with Gasteiger partial charge >= 0.3 is 5.97 Å². The first-order chi connectivity index (χ1) is 8.70. The molecule has 0 bridgehead atoms. The lowest BCUT2D eigenvalue weighted by Gasteiger charge is -2.29. The van der Waals surface area contributed by atoms with Crippen LogP contribution in [0.1, 0.15) is 18.5 Å². The molecule has 0 aromatic carbocycles. The number of piperidine rings is 1. The minimum absolute atomic E-state index is 0.178. The SMILES string of the molecule is CSc1nccnc1CN1CCC(C(=O)O)CC1. The van der Waals surface area contributed by atoms with Crippen LogP contribution in [0.2, 0.25) is 0 Å². The topological polar surface area (TPSA) is 66.3 Å². The Kier molecular flexibility index (Phi) is 4.54. The quantitative estimate of drug-likeness (QED) is 0.834. The van der Waals surface area contributed by atoms with Crippen molar-refractivity contribution in [2.75, 3.05) is 19.3 Å². The van der Waals surface area contributed by atoms with Crippen molar-refractivity contribution in [3.05, 3.63) is 18.1 Å². The first kappa shape index (κ1) is 13.3. The average molecular weight is 267 g/mol. The number of rotatable bonds is 4. The highest BCUT2D eigenvalue weighted by atomic mass is 32.2. The van der Waals surface area contributed by atoms with Gasteiger partial charge in [0.25, 0.3) is 0 Å². The average Bonchev–Trinajstić information content (AvgIpc) is 2.40. The summed E-state index contributed by atoms with van der Waals surface area (Å²) in [4.78, 5) is 21.8. The summed E-state index contributed by atoms with van der Waals surface area (Å²) in [6.07, 6.45) is 6.85. The van der Waals surface area contributed by atoms with E-state index in [-0.39, 0.29) is 5.92 Å². The van der Waals surface area contributed by atoms with Gasteiger partial charge in [-0.15, -0.1) is 11.8 Å². The Morgan fingerprint density at radius 3 is 2.72 bits per heavy atom. The van der Waals surface area contributed by atoms with Crippen LogP contribution in [0.3, 0.4) is 0 Å². The molecule has 98 valence electrons. The fourth-order valence-corrected chi connectivity index (χ4v) is 2.70. The summed E-state index contributed by atoms with van der Waals surface area (Å²) in [6.45, 7) is 2.40. The molecule has 0 unspecified atom stereocenters. The van der Waals surface area contributed by atoms with Crippen LogP contribution >= 0.6 is 11.8 Å². The Bertz CT molecular complexity index is 420. The number of likely N-dealkylation sites (tertiary alicyclic amines) is 1. The van der Waals surface area contributed by atoms with Crippen LogP contribution in [0.4, 0.5) is 0 Å². The predicted molar refractivity (Wildman–Crippen MR) is 69.4 cm³/mol. The van der Waals surface area contributed by atoms with E-state index in [2.05, 4.69) is 14.9 Å². The maximum Gasteiger partial charge on any atom is 0.306 e. The number of aromatic nitrogens is 2. The molecule has 0 radical (unpaired) electrons. The van der Waals surface area contributed by atoms with Crippen LogP contribution in [0.15, 0.2) is 17.4 Å². The number of hydrogen-bond donors (Lipinski definition) is 1. The molecule has 0 aliphatic carbocycles. The number of nitrogens with zero attached hydrogens (tertiary/aromatic N) is 3. The monoisotopic (exact) mass is 267 g/mol. The Balaban J connectivity index is 1.93. The zero-order valence-electron chi connectivity index (χ0n) is 10.4. The highest BCUT2D eigenvalue weighted by Crippen LogP contribution is 2.21. The summed E-state index contributed by atoms with van der Waals surface area (Å²) in [5.41, 5.74) is 0.985. The zero-order valence-corrected chi connectivity index (χ0v) is 11.2.